The van der Waals surface area contributed by atoms with E-state index in [1.165, 1.54) is 30.6 Å². The van der Waals surface area contributed by atoms with Gasteiger partial charge in [-0.1, -0.05) is 12.8 Å². The fourth-order valence-electron chi connectivity index (χ4n) is 2.71. The molecule has 1 aliphatic carbocycles. The second kappa shape index (κ2) is 5.08. The normalized spacial score (nSPS) is 24.9. The van der Waals surface area contributed by atoms with E-state index < -0.39 is 0 Å². The predicted molar refractivity (Wildman–Crippen MR) is 69.4 cm³/mol. The molecule has 1 aromatic rings. The molecule has 2 rings (SSSR count). The van der Waals surface area contributed by atoms with Crippen LogP contribution >= 0.6 is 0 Å². The molecule has 0 aliphatic heterocycles. The second-order valence-electron chi connectivity index (χ2n) is 4.98. The van der Waals surface area contributed by atoms with Crippen molar-refractivity contribution in [2.24, 2.45) is 7.05 Å². The van der Waals surface area contributed by atoms with E-state index in [9.17, 15) is 0 Å². The molecule has 0 bridgehead atoms. The molecular formula is C13H23N3O. The Balaban J connectivity index is 2.13. The Hall–Kier alpha value is -1.03. The van der Waals surface area contributed by atoms with E-state index in [-0.39, 0.29) is 0 Å². The summed E-state index contributed by atoms with van der Waals surface area (Å²) in [7, 11) is 3.80. The molecule has 2 unspecified atom stereocenters. The summed E-state index contributed by atoms with van der Waals surface area (Å²) < 4.78 is 7.51. The predicted octanol–water partition coefficient (Wildman–Crippen LogP) is 2.41. The number of methoxy groups -OCH3 is 1. The third-order valence-electron chi connectivity index (χ3n) is 3.84. The van der Waals surface area contributed by atoms with Gasteiger partial charge in [0.15, 0.2) is 0 Å². The minimum absolute atomic E-state index is 0.336. The highest BCUT2D eigenvalue weighted by molar-refractivity contribution is 5.52. The van der Waals surface area contributed by atoms with Gasteiger partial charge >= 0.3 is 0 Å². The summed E-state index contributed by atoms with van der Waals surface area (Å²) in [6.07, 6.45) is 5.25. The van der Waals surface area contributed by atoms with Gasteiger partial charge in [0.1, 0.15) is 0 Å². The summed E-state index contributed by atoms with van der Waals surface area (Å²) in [5, 5.41) is 8.07. The van der Waals surface area contributed by atoms with Crippen LogP contribution in [0.2, 0.25) is 0 Å². The molecule has 0 amide bonds. The van der Waals surface area contributed by atoms with Crippen molar-refractivity contribution in [2.75, 3.05) is 12.4 Å². The molecule has 4 nitrogen and oxygen atoms in total. The van der Waals surface area contributed by atoms with E-state index >= 15 is 0 Å². The molecular weight excluding hydrogens is 214 g/mol. The van der Waals surface area contributed by atoms with Crippen LogP contribution in [0.3, 0.4) is 0 Å². The van der Waals surface area contributed by atoms with Gasteiger partial charge in [0.2, 0.25) is 0 Å². The maximum absolute atomic E-state index is 5.57. The summed E-state index contributed by atoms with van der Waals surface area (Å²) in [6.45, 7) is 4.16. The SMILES string of the molecule is COC1CCCCC1Nc1c(C)nn(C)c1C. The van der Waals surface area contributed by atoms with Crippen LogP contribution in [-0.2, 0) is 11.8 Å². The molecule has 17 heavy (non-hydrogen) atoms. The van der Waals surface area contributed by atoms with Crippen molar-refractivity contribution in [1.29, 1.82) is 0 Å². The summed E-state index contributed by atoms with van der Waals surface area (Å²) in [6, 6.07) is 0.426. The highest BCUT2D eigenvalue weighted by atomic mass is 16.5. The fraction of sp³-hybridized carbons (Fsp3) is 0.769. The highest BCUT2D eigenvalue weighted by Gasteiger charge is 2.26. The average Bonchev–Trinajstić information content (AvgIpc) is 2.57. The monoisotopic (exact) mass is 237 g/mol. The van der Waals surface area contributed by atoms with Gasteiger partial charge < -0.3 is 10.1 Å². The number of aryl methyl sites for hydroxylation is 2. The van der Waals surface area contributed by atoms with Crippen LogP contribution in [0.25, 0.3) is 0 Å². The quantitative estimate of drug-likeness (QED) is 0.877. The number of ether oxygens (including phenoxy) is 1. The zero-order chi connectivity index (χ0) is 12.4. The second-order valence-corrected chi connectivity index (χ2v) is 4.98. The molecule has 0 saturated heterocycles. The van der Waals surface area contributed by atoms with E-state index in [1.807, 2.05) is 18.8 Å². The first-order valence-electron chi connectivity index (χ1n) is 6.43. The van der Waals surface area contributed by atoms with E-state index in [4.69, 9.17) is 4.74 Å². The first-order chi connectivity index (χ1) is 8.13. The molecule has 1 heterocycles. The van der Waals surface area contributed by atoms with Crippen LogP contribution in [0.15, 0.2) is 0 Å². The molecule has 96 valence electrons. The van der Waals surface area contributed by atoms with Crippen molar-refractivity contribution in [2.45, 2.75) is 51.7 Å². The minimum atomic E-state index is 0.336. The lowest BCUT2D eigenvalue weighted by molar-refractivity contribution is 0.0606. The number of nitrogens with one attached hydrogen (secondary N) is 1. The molecule has 0 aromatic carbocycles. The van der Waals surface area contributed by atoms with E-state index in [0.29, 0.717) is 12.1 Å². The first kappa shape index (κ1) is 12.4. The summed E-state index contributed by atoms with van der Waals surface area (Å²) in [5.74, 6) is 0. The molecule has 1 aromatic heterocycles. The number of hydrogen-bond acceptors (Lipinski definition) is 3. The molecule has 1 N–H and O–H groups in total. The van der Waals surface area contributed by atoms with Gasteiger partial charge in [0.25, 0.3) is 0 Å². The Morgan fingerprint density at radius 2 is 2.00 bits per heavy atom. The first-order valence-corrected chi connectivity index (χ1v) is 6.43. The van der Waals surface area contributed by atoms with Crippen LogP contribution in [0.1, 0.15) is 37.1 Å². The third kappa shape index (κ3) is 2.46. The summed E-state index contributed by atoms with van der Waals surface area (Å²) in [5.41, 5.74) is 3.45. The Kier molecular flexibility index (Phi) is 3.72. The van der Waals surface area contributed by atoms with Crippen molar-refractivity contribution in [3.05, 3.63) is 11.4 Å². The average molecular weight is 237 g/mol. The van der Waals surface area contributed by atoms with Gasteiger partial charge in [-0.15, -0.1) is 0 Å². The Labute approximate surface area is 103 Å². The standard InChI is InChI=1S/C13H23N3O/c1-9-13(10(2)16(3)15-9)14-11-7-5-6-8-12(11)17-4/h11-12,14H,5-8H2,1-4H3. The smallest absolute Gasteiger partial charge is 0.0827 e. The minimum Gasteiger partial charge on any atom is -0.379 e. The Bertz CT molecular complexity index is 386. The molecule has 2 atom stereocenters. The van der Waals surface area contributed by atoms with Gasteiger partial charge in [-0.25, -0.2) is 0 Å². The van der Waals surface area contributed by atoms with Gasteiger partial charge in [0, 0.05) is 14.2 Å². The van der Waals surface area contributed by atoms with Crippen molar-refractivity contribution in [3.63, 3.8) is 0 Å². The zero-order valence-electron chi connectivity index (χ0n) is 11.3. The van der Waals surface area contributed by atoms with Gasteiger partial charge in [-0.3, -0.25) is 4.68 Å². The maximum Gasteiger partial charge on any atom is 0.0827 e. The lowest BCUT2D eigenvalue weighted by Gasteiger charge is -2.31. The molecule has 1 fully saturated rings. The number of hydrogen-bond donors (Lipinski definition) is 1. The van der Waals surface area contributed by atoms with Crippen LogP contribution in [0, 0.1) is 13.8 Å². The van der Waals surface area contributed by atoms with E-state index in [0.717, 1.165) is 12.1 Å². The molecule has 0 radical (unpaired) electrons. The van der Waals surface area contributed by atoms with Gasteiger partial charge in [-0.2, -0.15) is 5.10 Å². The van der Waals surface area contributed by atoms with Crippen molar-refractivity contribution in [3.8, 4) is 0 Å². The molecule has 4 heteroatoms. The molecule has 1 aliphatic rings. The summed E-state index contributed by atoms with van der Waals surface area (Å²) >= 11 is 0. The lowest BCUT2D eigenvalue weighted by atomic mass is 9.92. The van der Waals surface area contributed by atoms with Gasteiger partial charge in [0.05, 0.1) is 29.2 Å². The molecule has 0 spiro atoms. The Morgan fingerprint density at radius 1 is 1.29 bits per heavy atom. The maximum atomic E-state index is 5.57. The van der Waals surface area contributed by atoms with Crippen LogP contribution in [-0.4, -0.2) is 29.0 Å². The number of aromatic nitrogens is 2. The van der Waals surface area contributed by atoms with Crippen molar-refractivity contribution >= 4 is 5.69 Å². The lowest BCUT2D eigenvalue weighted by Crippen LogP contribution is -2.38. The number of anilines is 1. The number of rotatable bonds is 3. The Morgan fingerprint density at radius 3 is 2.59 bits per heavy atom. The van der Waals surface area contributed by atoms with Crippen LogP contribution in [0.4, 0.5) is 5.69 Å². The van der Waals surface area contributed by atoms with Gasteiger partial charge in [-0.05, 0) is 26.7 Å². The fourth-order valence-corrected chi connectivity index (χ4v) is 2.71. The van der Waals surface area contributed by atoms with Crippen LogP contribution < -0.4 is 5.32 Å². The number of nitrogens with zero attached hydrogens (tertiary/aromatic N) is 2. The summed E-state index contributed by atoms with van der Waals surface area (Å²) in [4.78, 5) is 0. The van der Waals surface area contributed by atoms with Crippen molar-refractivity contribution in [1.82, 2.24) is 9.78 Å². The third-order valence-corrected chi connectivity index (χ3v) is 3.84. The van der Waals surface area contributed by atoms with E-state index in [2.05, 4.69) is 24.3 Å². The molecule has 1 saturated carbocycles. The topological polar surface area (TPSA) is 39.1 Å². The van der Waals surface area contributed by atoms with E-state index in [1.54, 1.807) is 0 Å². The zero-order valence-corrected chi connectivity index (χ0v) is 11.3. The largest absolute Gasteiger partial charge is 0.379 e. The van der Waals surface area contributed by atoms with Crippen LogP contribution in [0.5, 0.6) is 0 Å². The van der Waals surface area contributed by atoms with Crippen molar-refractivity contribution < 1.29 is 4.74 Å². The highest BCUT2D eigenvalue weighted by Crippen LogP contribution is 2.27.